The summed E-state index contributed by atoms with van der Waals surface area (Å²) in [4.78, 5) is 38.4. The third kappa shape index (κ3) is 3.67. The van der Waals surface area contributed by atoms with Gasteiger partial charge in [0.2, 0.25) is 11.8 Å². The predicted molar refractivity (Wildman–Crippen MR) is 118 cm³/mol. The van der Waals surface area contributed by atoms with E-state index in [4.69, 9.17) is 21.1 Å². The number of hydrogen-bond donors (Lipinski definition) is 2. The summed E-state index contributed by atoms with van der Waals surface area (Å²) in [5.41, 5.74) is 3.77. The number of anilines is 2. The van der Waals surface area contributed by atoms with E-state index in [9.17, 15) is 14.4 Å². The van der Waals surface area contributed by atoms with E-state index < -0.39 is 11.8 Å². The zero-order chi connectivity index (χ0) is 22.2. The van der Waals surface area contributed by atoms with Crippen LogP contribution in [0.1, 0.15) is 23.2 Å². The van der Waals surface area contributed by atoms with E-state index in [2.05, 4.69) is 10.7 Å². The monoisotopic (exact) mass is 453 g/mol. The van der Waals surface area contributed by atoms with Gasteiger partial charge < -0.3 is 14.8 Å². The van der Waals surface area contributed by atoms with E-state index in [1.165, 1.54) is 5.01 Å². The lowest BCUT2D eigenvalue weighted by atomic mass is 9.80. The second-order valence-corrected chi connectivity index (χ2v) is 8.19. The molecule has 5 rings (SSSR count). The fourth-order valence-electron chi connectivity index (χ4n) is 4.12. The van der Waals surface area contributed by atoms with Crippen molar-refractivity contribution >= 4 is 40.7 Å². The van der Waals surface area contributed by atoms with Crippen molar-refractivity contribution in [2.75, 3.05) is 23.5 Å². The number of hydrogen-bond acceptors (Lipinski definition) is 5. The molecule has 2 heterocycles. The molecule has 2 atom stereocenters. The molecule has 1 saturated heterocycles. The molecule has 2 aliphatic heterocycles. The molecule has 0 saturated carbocycles. The van der Waals surface area contributed by atoms with Crippen LogP contribution in [0.3, 0.4) is 0 Å². The van der Waals surface area contributed by atoms with Crippen LogP contribution in [0.5, 0.6) is 11.5 Å². The maximum atomic E-state index is 13.0. The Morgan fingerprint density at radius 1 is 1.03 bits per heavy atom. The highest BCUT2D eigenvalue weighted by molar-refractivity contribution is 6.34. The maximum Gasteiger partial charge on any atom is 0.255 e. The van der Waals surface area contributed by atoms with Crippen LogP contribution in [0.4, 0.5) is 11.4 Å². The van der Waals surface area contributed by atoms with Crippen molar-refractivity contribution in [1.82, 2.24) is 5.43 Å². The summed E-state index contributed by atoms with van der Waals surface area (Å²) in [6.45, 7) is 0.850. The number of nitrogens with one attached hydrogen (secondary N) is 2. The van der Waals surface area contributed by atoms with Gasteiger partial charge in [-0.25, -0.2) is 5.01 Å². The highest BCUT2D eigenvalue weighted by Crippen LogP contribution is 2.38. The molecule has 8 nitrogen and oxygen atoms in total. The quantitative estimate of drug-likeness (QED) is 0.695. The van der Waals surface area contributed by atoms with Gasteiger partial charge in [-0.2, -0.15) is 0 Å². The van der Waals surface area contributed by atoms with Gasteiger partial charge in [-0.15, -0.1) is 0 Å². The molecule has 164 valence electrons. The van der Waals surface area contributed by atoms with Crippen molar-refractivity contribution < 1.29 is 23.9 Å². The smallest absolute Gasteiger partial charge is 0.255 e. The standard InChI is InChI=1S/C23H20ClN3O5/c24-17-11-19-20(32-9-8-31-19)12-18(17)25-21(28)13-4-3-5-14(10-13)27-23(30)16-7-2-1-6-15(16)22(29)26-27/h1-5,10-12,15-16H,6-9H2,(H,25,28)(H,26,29). The zero-order valence-corrected chi connectivity index (χ0v) is 17.7. The maximum absolute atomic E-state index is 13.0. The van der Waals surface area contributed by atoms with Crippen molar-refractivity contribution in [1.29, 1.82) is 0 Å². The lowest BCUT2D eigenvalue weighted by molar-refractivity contribution is -0.139. The SMILES string of the molecule is O=C(Nc1cc2c(cc1Cl)OCCO2)c1cccc(N2NC(=O)C3CC=CCC3C2=O)c1. The van der Waals surface area contributed by atoms with Crippen molar-refractivity contribution in [3.8, 4) is 11.5 Å². The number of hydrazine groups is 1. The first-order valence-electron chi connectivity index (χ1n) is 10.3. The summed E-state index contributed by atoms with van der Waals surface area (Å²) in [5, 5.41) is 4.31. The number of carbonyl (C=O) groups is 3. The van der Waals surface area contributed by atoms with Crippen LogP contribution in [0.15, 0.2) is 48.6 Å². The van der Waals surface area contributed by atoms with Gasteiger partial charge in [0.05, 0.1) is 28.2 Å². The number of fused-ring (bicyclic) bond motifs is 2. The van der Waals surface area contributed by atoms with Crippen LogP contribution < -0.4 is 25.2 Å². The van der Waals surface area contributed by atoms with Gasteiger partial charge in [-0.3, -0.25) is 19.8 Å². The molecule has 0 radical (unpaired) electrons. The summed E-state index contributed by atoms with van der Waals surface area (Å²) in [6, 6.07) is 9.71. The molecule has 9 heteroatoms. The number of ether oxygens (including phenoxy) is 2. The number of benzene rings is 2. The largest absolute Gasteiger partial charge is 0.486 e. The summed E-state index contributed by atoms with van der Waals surface area (Å²) >= 11 is 6.29. The Hall–Kier alpha value is -3.52. The molecule has 1 fully saturated rings. The van der Waals surface area contributed by atoms with Crippen LogP contribution in [0.2, 0.25) is 5.02 Å². The van der Waals surface area contributed by atoms with Crippen LogP contribution in [0.25, 0.3) is 0 Å². The van der Waals surface area contributed by atoms with Gasteiger partial charge in [0.1, 0.15) is 13.2 Å². The van der Waals surface area contributed by atoms with Gasteiger partial charge in [0.25, 0.3) is 5.91 Å². The minimum Gasteiger partial charge on any atom is -0.486 e. The molecule has 0 spiro atoms. The number of rotatable bonds is 3. The minimum atomic E-state index is -0.417. The molecule has 2 aromatic carbocycles. The topological polar surface area (TPSA) is 97.0 Å². The number of carbonyl (C=O) groups excluding carboxylic acids is 3. The summed E-state index contributed by atoms with van der Waals surface area (Å²) < 4.78 is 11.0. The minimum absolute atomic E-state index is 0.189. The van der Waals surface area contributed by atoms with E-state index in [1.807, 2.05) is 12.2 Å². The molecule has 2 aromatic rings. The number of halogens is 1. The highest BCUT2D eigenvalue weighted by atomic mass is 35.5. The third-order valence-electron chi connectivity index (χ3n) is 5.78. The summed E-state index contributed by atoms with van der Waals surface area (Å²) in [5.74, 6) is -0.530. The van der Waals surface area contributed by atoms with Crippen molar-refractivity contribution in [3.05, 3.63) is 59.1 Å². The highest BCUT2D eigenvalue weighted by Gasteiger charge is 2.42. The normalized spacial score (nSPS) is 21.6. The molecule has 0 aromatic heterocycles. The fourth-order valence-corrected chi connectivity index (χ4v) is 4.32. The van der Waals surface area contributed by atoms with Crippen LogP contribution in [-0.4, -0.2) is 30.9 Å². The van der Waals surface area contributed by atoms with E-state index in [1.54, 1.807) is 36.4 Å². The lowest BCUT2D eigenvalue weighted by Crippen LogP contribution is -2.59. The van der Waals surface area contributed by atoms with E-state index in [0.29, 0.717) is 59.5 Å². The van der Waals surface area contributed by atoms with E-state index >= 15 is 0 Å². The molecule has 3 aliphatic rings. The fraction of sp³-hybridized carbons (Fsp3) is 0.261. The van der Waals surface area contributed by atoms with Gasteiger partial charge in [-0.1, -0.05) is 29.8 Å². The average Bonchev–Trinajstić information content (AvgIpc) is 2.82. The molecule has 32 heavy (non-hydrogen) atoms. The Balaban J connectivity index is 1.37. The number of allylic oxidation sites excluding steroid dienone is 2. The Bertz CT molecular complexity index is 1150. The van der Waals surface area contributed by atoms with Gasteiger partial charge in [0.15, 0.2) is 11.5 Å². The second kappa shape index (κ2) is 8.20. The summed E-state index contributed by atoms with van der Waals surface area (Å²) in [6.07, 6.45) is 4.93. The van der Waals surface area contributed by atoms with Crippen LogP contribution in [-0.2, 0) is 9.59 Å². The number of nitrogens with zero attached hydrogens (tertiary/aromatic N) is 1. The van der Waals surface area contributed by atoms with Crippen molar-refractivity contribution in [3.63, 3.8) is 0 Å². The Morgan fingerprint density at radius 2 is 1.75 bits per heavy atom. The number of amides is 3. The average molecular weight is 454 g/mol. The van der Waals surface area contributed by atoms with Crippen molar-refractivity contribution in [2.24, 2.45) is 11.8 Å². The predicted octanol–water partition coefficient (Wildman–Crippen LogP) is 3.32. The van der Waals surface area contributed by atoms with Gasteiger partial charge in [0, 0.05) is 17.7 Å². The van der Waals surface area contributed by atoms with Gasteiger partial charge in [-0.05, 0) is 31.0 Å². The molecule has 1 aliphatic carbocycles. The molecule has 3 amide bonds. The van der Waals surface area contributed by atoms with E-state index in [0.717, 1.165) is 0 Å². The molecule has 0 bridgehead atoms. The summed E-state index contributed by atoms with van der Waals surface area (Å²) in [7, 11) is 0. The Labute approximate surface area is 189 Å². The lowest BCUT2D eigenvalue weighted by Gasteiger charge is -2.38. The van der Waals surface area contributed by atoms with Crippen molar-refractivity contribution in [2.45, 2.75) is 12.8 Å². The first kappa shape index (κ1) is 20.4. The first-order valence-corrected chi connectivity index (χ1v) is 10.7. The van der Waals surface area contributed by atoms with Crippen LogP contribution >= 0.6 is 11.6 Å². The molecule has 2 N–H and O–H groups in total. The molecule has 2 unspecified atom stereocenters. The first-order chi connectivity index (χ1) is 15.5. The van der Waals surface area contributed by atoms with Gasteiger partial charge >= 0.3 is 0 Å². The second-order valence-electron chi connectivity index (χ2n) is 7.79. The Kier molecular flexibility index (Phi) is 5.22. The van der Waals surface area contributed by atoms with Crippen LogP contribution in [0, 0.1) is 11.8 Å². The zero-order valence-electron chi connectivity index (χ0n) is 17.0. The van der Waals surface area contributed by atoms with E-state index in [-0.39, 0.29) is 17.7 Å². The Morgan fingerprint density at radius 3 is 2.53 bits per heavy atom. The molecular formula is C23H20ClN3O5. The third-order valence-corrected chi connectivity index (χ3v) is 6.09. The molecular weight excluding hydrogens is 434 g/mol.